The third-order valence-electron chi connectivity index (χ3n) is 2.50. The van der Waals surface area contributed by atoms with Crippen LogP contribution in [0.15, 0.2) is 0 Å². The van der Waals surface area contributed by atoms with Gasteiger partial charge < -0.3 is 5.73 Å². The van der Waals surface area contributed by atoms with E-state index in [4.69, 9.17) is 5.73 Å². The molecule has 0 amide bonds. The van der Waals surface area contributed by atoms with Crippen LogP contribution in [0, 0.1) is 25.5 Å². The van der Waals surface area contributed by atoms with Crippen molar-refractivity contribution in [3.05, 3.63) is 28.3 Å². The molecule has 0 fully saturated rings. The van der Waals surface area contributed by atoms with Crippen LogP contribution in [0.2, 0.25) is 0 Å². The largest absolute Gasteiger partial charge is 0.396 e. The first kappa shape index (κ1) is 11.0. The van der Waals surface area contributed by atoms with E-state index in [1.165, 1.54) is 6.92 Å². The molecule has 0 saturated heterocycles. The summed E-state index contributed by atoms with van der Waals surface area (Å²) in [6.45, 7) is 6.77. The minimum Gasteiger partial charge on any atom is -0.396 e. The summed E-state index contributed by atoms with van der Waals surface area (Å²) in [6, 6.07) is 0. The van der Waals surface area contributed by atoms with Crippen LogP contribution in [-0.4, -0.2) is 0 Å². The number of nitrogens with two attached hydrogens (primary N) is 1. The van der Waals surface area contributed by atoms with Crippen molar-refractivity contribution in [3.8, 4) is 0 Å². The standard InChI is InChI=1S/C11H15F2N/c1-5(2)8-6(3)9(12)7(4)10(13)11(8)14/h5H,14H2,1-4H3. The van der Waals surface area contributed by atoms with Gasteiger partial charge in [-0.2, -0.15) is 0 Å². The lowest BCUT2D eigenvalue weighted by molar-refractivity contribution is 0.559. The summed E-state index contributed by atoms with van der Waals surface area (Å²) in [5.74, 6) is -1.09. The summed E-state index contributed by atoms with van der Waals surface area (Å²) >= 11 is 0. The summed E-state index contributed by atoms with van der Waals surface area (Å²) in [5, 5.41) is 0. The third kappa shape index (κ3) is 1.47. The zero-order chi connectivity index (χ0) is 11.0. The Balaban J connectivity index is 3.60. The molecule has 0 heterocycles. The number of hydrogen-bond donors (Lipinski definition) is 1. The Kier molecular flexibility index (Phi) is 2.79. The molecule has 1 aromatic rings. The van der Waals surface area contributed by atoms with E-state index in [1.807, 2.05) is 13.8 Å². The van der Waals surface area contributed by atoms with E-state index < -0.39 is 11.6 Å². The average Bonchev–Trinajstić information content (AvgIpc) is 2.11. The minimum atomic E-state index is -0.628. The van der Waals surface area contributed by atoms with Gasteiger partial charge in [-0.05, 0) is 30.9 Å². The number of hydrogen-bond acceptors (Lipinski definition) is 1. The zero-order valence-electron chi connectivity index (χ0n) is 8.91. The Morgan fingerprint density at radius 3 is 1.93 bits per heavy atom. The van der Waals surface area contributed by atoms with Crippen LogP contribution in [0.1, 0.15) is 36.5 Å². The normalized spacial score (nSPS) is 11.1. The van der Waals surface area contributed by atoms with E-state index in [1.54, 1.807) is 6.92 Å². The lowest BCUT2D eigenvalue weighted by atomic mass is 9.93. The molecule has 0 aromatic heterocycles. The number of nitrogen functional groups attached to an aromatic ring is 1. The molecule has 0 spiro atoms. The summed E-state index contributed by atoms with van der Waals surface area (Å²) in [7, 11) is 0. The molecule has 0 aliphatic heterocycles. The molecule has 0 unspecified atom stereocenters. The van der Waals surface area contributed by atoms with Gasteiger partial charge in [-0.1, -0.05) is 13.8 Å². The molecule has 0 atom stereocenters. The van der Waals surface area contributed by atoms with E-state index in [0.29, 0.717) is 11.1 Å². The zero-order valence-corrected chi connectivity index (χ0v) is 8.91. The van der Waals surface area contributed by atoms with Crippen LogP contribution in [0.3, 0.4) is 0 Å². The van der Waals surface area contributed by atoms with Crippen molar-refractivity contribution < 1.29 is 8.78 Å². The predicted octanol–water partition coefficient (Wildman–Crippen LogP) is 3.29. The fourth-order valence-corrected chi connectivity index (χ4v) is 1.76. The predicted molar refractivity (Wildman–Crippen MR) is 54.3 cm³/mol. The van der Waals surface area contributed by atoms with E-state index in [9.17, 15) is 8.78 Å². The highest BCUT2D eigenvalue weighted by Crippen LogP contribution is 2.32. The van der Waals surface area contributed by atoms with Crippen molar-refractivity contribution >= 4 is 5.69 Å². The molecule has 1 nitrogen and oxygen atoms in total. The monoisotopic (exact) mass is 199 g/mol. The van der Waals surface area contributed by atoms with Crippen LogP contribution in [0.5, 0.6) is 0 Å². The van der Waals surface area contributed by atoms with Crippen molar-refractivity contribution in [2.24, 2.45) is 0 Å². The van der Waals surface area contributed by atoms with Crippen LogP contribution in [-0.2, 0) is 0 Å². The van der Waals surface area contributed by atoms with E-state index in [0.717, 1.165) is 0 Å². The number of benzene rings is 1. The molecule has 14 heavy (non-hydrogen) atoms. The van der Waals surface area contributed by atoms with Crippen molar-refractivity contribution in [1.82, 2.24) is 0 Å². The highest BCUT2D eigenvalue weighted by atomic mass is 19.1. The average molecular weight is 199 g/mol. The number of anilines is 1. The van der Waals surface area contributed by atoms with Crippen LogP contribution in [0.25, 0.3) is 0 Å². The van der Waals surface area contributed by atoms with Gasteiger partial charge in [0.05, 0.1) is 5.69 Å². The van der Waals surface area contributed by atoms with E-state index in [2.05, 4.69) is 0 Å². The Morgan fingerprint density at radius 2 is 1.50 bits per heavy atom. The second-order valence-electron chi connectivity index (χ2n) is 3.86. The maximum atomic E-state index is 13.5. The molecule has 0 aliphatic rings. The second-order valence-corrected chi connectivity index (χ2v) is 3.86. The summed E-state index contributed by atoms with van der Waals surface area (Å²) < 4.78 is 26.9. The van der Waals surface area contributed by atoms with Crippen molar-refractivity contribution in [3.63, 3.8) is 0 Å². The van der Waals surface area contributed by atoms with Gasteiger partial charge in [-0.3, -0.25) is 0 Å². The van der Waals surface area contributed by atoms with E-state index in [-0.39, 0.29) is 17.2 Å². The highest BCUT2D eigenvalue weighted by Gasteiger charge is 2.19. The molecule has 0 radical (unpaired) electrons. The Hall–Kier alpha value is -1.12. The highest BCUT2D eigenvalue weighted by molar-refractivity contribution is 5.56. The van der Waals surface area contributed by atoms with Crippen LogP contribution < -0.4 is 5.73 Å². The summed E-state index contributed by atoms with van der Waals surface area (Å²) in [4.78, 5) is 0. The van der Waals surface area contributed by atoms with Gasteiger partial charge in [0.15, 0.2) is 5.82 Å². The van der Waals surface area contributed by atoms with Gasteiger partial charge in [-0.25, -0.2) is 8.78 Å². The fourth-order valence-electron chi connectivity index (χ4n) is 1.76. The molecule has 78 valence electrons. The number of halogens is 2. The van der Waals surface area contributed by atoms with Gasteiger partial charge in [0, 0.05) is 5.56 Å². The summed E-state index contributed by atoms with van der Waals surface area (Å²) in [6.07, 6.45) is 0. The topological polar surface area (TPSA) is 26.0 Å². The molecule has 1 aromatic carbocycles. The van der Waals surface area contributed by atoms with Gasteiger partial charge in [-0.15, -0.1) is 0 Å². The first-order valence-corrected chi connectivity index (χ1v) is 4.61. The fraction of sp³-hybridized carbons (Fsp3) is 0.455. The molecule has 0 bridgehead atoms. The molecular weight excluding hydrogens is 184 g/mol. The van der Waals surface area contributed by atoms with Gasteiger partial charge in [0.1, 0.15) is 5.82 Å². The Morgan fingerprint density at radius 1 is 1.00 bits per heavy atom. The van der Waals surface area contributed by atoms with Crippen molar-refractivity contribution in [2.45, 2.75) is 33.6 Å². The lowest BCUT2D eigenvalue weighted by Crippen LogP contribution is -2.07. The maximum Gasteiger partial charge on any atom is 0.152 e. The Bertz CT molecular complexity index is 341. The quantitative estimate of drug-likeness (QED) is 0.690. The molecule has 2 N–H and O–H groups in total. The van der Waals surface area contributed by atoms with Crippen LogP contribution >= 0.6 is 0 Å². The molecular formula is C11H15F2N. The van der Waals surface area contributed by atoms with Crippen LogP contribution in [0.4, 0.5) is 14.5 Å². The smallest absolute Gasteiger partial charge is 0.152 e. The lowest BCUT2D eigenvalue weighted by Gasteiger charge is -2.16. The molecule has 1 rings (SSSR count). The van der Waals surface area contributed by atoms with Gasteiger partial charge >= 0.3 is 0 Å². The SMILES string of the molecule is Cc1c(F)c(C)c(C(C)C)c(N)c1F. The third-order valence-corrected chi connectivity index (χ3v) is 2.50. The summed E-state index contributed by atoms with van der Waals surface area (Å²) in [5.41, 5.74) is 6.73. The van der Waals surface area contributed by atoms with Crippen molar-refractivity contribution in [1.29, 1.82) is 0 Å². The first-order valence-electron chi connectivity index (χ1n) is 4.61. The molecule has 0 aliphatic carbocycles. The number of rotatable bonds is 1. The molecule has 3 heteroatoms. The molecule has 0 saturated carbocycles. The maximum absolute atomic E-state index is 13.5. The van der Waals surface area contributed by atoms with E-state index >= 15 is 0 Å². The van der Waals surface area contributed by atoms with Gasteiger partial charge in [0.25, 0.3) is 0 Å². The van der Waals surface area contributed by atoms with Crippen molar-refractivity contribution in [2.75, 3.05) is 5.73 Å². The minimum absolute atomic E-state index is 0.00407. The Labute approximate surface area is 82.9 Å². The second kappa shape index (κ2) is 3.56. The van der Waals surface area contributed by atoms with Gasteiger partial charge in [0.2, 0.25) is 0 Å². The first-order chi connectivity index (χ1) is 6.37.